The van der Waals surface area contributed by atoms with E-state index in [0.717, 1.165) is 40.7 Å². The average Bonchev–Trinajstić information content (AvgIpc) is 2.76. The molecule has 9 heteroatoms. The van der Waals surface area contributed by atoms with Crippen LogP contribution in [-0.4, -0.2) is 71.0 Å². The first-order valence-corrected chi connectivity index (χ1v) is 11.5. The molecule has 1 fully saturated rings. The van der Waals surface area contributed by atoms with Crippen LogP contribution in [0.3, 0.4) is 0 Å². The van der Waals surface area contributed by atoms with Gasteiger partial charge in [0.15, 0.2) is 11.5 Å². The third kappa shape index (κ3) is 4.00. The normalized spacial score (nSPS) is 21.0. The van der Waals surface area contributed by atoms with Crippen LogP contribution < -0.4 is 13.8 Å². The number of likely N-dealkylation sites (N-methyl/N-ethyl adjacent to an activating group) is 1. The lowest BCUT2D eigenvalue weighted by molar-refractivity contribution is 0.227. The van der Waals surface area contributed by atoms with Gasteiger partial charge in [0.2, 0.25) is 0 Å². The minimum absolute atomic E-state index is 0.164. The van der Waals surface area contributed by atoms with Crippen molar-refractivity contribution in [3.8, 4) is 11.5 Å². The zero-order valence-corrected chi connectivity index (χ0v) is 18.9. The van der Waals surface area contributed by atoms with Crippen molar-refractivity contribution in [2.75, 3.05) is 45.7 Å². The molecule has 1 saturated heterocycles. The Morgan fingerprint density at radius 1 is 1.13 bits per heavy atom. The van der Waals surface area contributed by atoms with Crippen LogP contribution in [0.1, 0.15) is 29.0 Å². The molecular formula is C22H27N3O5S. The second-order valence-electron chi connectivity index (χ2n) is 7.99. The molecule has 0 saturated carbocycles. The first kappa shape index (κ1) is 21.6. The summed E-state index contributed by atoms with van der Waals surface area (Å²) in [4.78, 5) is 7.44. The smallest absolute Gasteiger partial charge is 0.359 e. The van der Waals surface area contributed by atoms with Crippen molar-refractivity contribution in [3.05, 3.63) is 53.1 Å². The minimum atomic E-state index is -4.31. The molecule has 2 heterocycles. The highest BCUT2D eigenvalue weighted by atomic mass is 32.2. The lowest BCUT2D eigenvalue weighted by atomic mass is 9.79. The molecule has 0 aliphatic carbocycles. The van der Waals surface area contributed by atoms with Crippen LogP contribution in [0.4, 0.5) is 5.69 Å². The zero-order chi connectivity index (χ0) is 22.3. The van der Waals surface area contributed by atoms with Crippen LogP contribution in [0.5, 0.6) is 11.5 Å². The van der Waals surface area contributed by atoms with E-state index in [1.807, 2.05) is 18.2 Å². The fraction of sp³-hybridized carbons (Fsp3) is 0.409. The van der Waals surface area contributed by atoms with Gasteiger partial charge in [0, 0.05) is 30.6 Å². The van der Waals surface area contributed by atoms with Crippen LogP contribution in [0.15, 0.2) is 41.4 Å². The fourth-order valence-corrected chi connectivity index (χ4v) is 4.79. The highest BCUT2D eigenvalue weighted by Crippen LogP contribution is 2.42. The number of piperidine rings is 1. The SMILES string of the molecule is COc1cc2c(cc1OC)[C@H]1CN(C)CC[C@H]1N=C2c1ccc(N(C)S(=O)(=O)O)cc1. The van der Waals surface area contributed by atoms with E-state index in [1.165, 1.54) is 12.6 Å². The molecule has 4 rings (SSSR count). The largest absolute Gasteiger partial charge is 0.493 e. The number of hydrogen-bond acceptors (Lipinski definition) is 6. The van der Waals surface area contributed by atoms with E-state index >= 15 is 0 Å². The lowest BCUT2D eigenvalue weighted by Gasteiger charge is -2.39. The average molecular weight is 446 g/mol. The Hall–Kier alpha value is -2.62. The van der Waals surface area contributed by atoms with Crippen molar-refractivity contribution in [2.24, 2.45) is 4.99 Å². The summed E-state index contributed by atoms with van der Waals surface area (Å²) in [5, 5.41) is 0. The van der Waals surface area contributed by atoms with Crippen LogP contribution >= 0.6 is 0 Å². The van der Waals surface area contributed by atoms with Crippen LogP contribution in [0, 0.1) is 0 Å². The number of likely N-dealkylation sites (tertiary alicyclic amines) is 1. The highest BCUT2D eigenvalue weighted by Gasteiger charge is 2.36. The topological polar surface area (TPSA) is 91.7 Å². The fourth-order valence-electron chi connectivity index (χ4n) is 4.40. The van der Waals surface area contributed by atoms with Crippen molar-refractivity contribution < 1.29 is 22.4 Å². The number of benzene rings is 2. The maximum absolute atomic E-state index is 11.4. The standard InChI is InChI=1S/C22H27N3O5S/c1-24-10-9-19-18(13-24)16-11-20(29-3)21(30-4)12-17(16)22(23-19)14-5-7-15(8-6-14)25(2)31(26,27)28/h5-8,11-12,18-19H,9-10,13H2,1-4H3,(H,26,27,28)/t18-,19-/m1/s1. The molecule has 166 valence electrons. The minimum Gasteiger partial charge on any atom is -0.493 e. The Morgan fingerprint density at radius 2 is 1.77 bits per heavy atom. The summed E-state index contributed by atoms with van der Waals surface area (Å²) >= 11 is 0. The Balaban J connectivity index is 1.81. The highest BCUT2D eigenvalue weighted by molar-refractivity contribution is 7.87. The van der Waals surface area contributed by atoms with Gasteiger partial charge in [0.1, 0.15) is 0 Å². The van der Waals surface area contributed by atoms with E-state index in [1.54, 1.807) is 26.4 Å². The number of hydrogen-bond donors (Lipinski definition) is 1. The summed E-state index contributed by atoms with van der Waals surface area (Å²) in [6.07, 6.45) is 0.960. The maximum atomic E-state index is 11.4. The van der Waals surface area contributed by atoms with E-state index in [2.05, 4.69) is 18.0 Å². The molecule has 1 N–H and O–H groups in total. The third-order valence-corrected chi connectivity index (χ3v) is 7.04. The van der Waals surface area contributed by atoms with E-state index in [0.29, 0.717) is 17.2 Å². The molecule has 2 aliphatic rings. The first-order valence-electron chi connectivity index (χ1n) is 10.1. The molecule has 0 radical (unpaired) electrons. The van der Waals surface area contributed by atoms with Gasteiger partial charge in [0.25, 0.3) is 0 Å². The van der Waals surface area contributed by atoms with Crippen LogP contribution in [0.25, 0.3) is 0 Å². The molecule has 0 spiro atoms. The Kier molecular flexibility index (Phi) is 5.67. The maximum Gasteiger partial charge on any atom is 0.359 e. The Labute approximate surface area is 183 Å². The summed E-state index contributed by atoms with van der Waals surface area (Å²) in [6, 6.07) is 11.2. The van der Waals surface area contributed by atoms with E-state index in [-0.39, 0.29) is 12.0 Å². The molecule has 0 bridgehead atoms. The molecule has 0 aromatic heterocycles. The molecule has 2 aromatic rings. The second-order valence-corrected chi connectivity index (χ2v) is 9.43. The molecule has 0 unspecified atom stereocenters. The van der Waals surface area contributed by atoms with Gasteiger partial charge in [-0.3, -0.25) is 13.9 Å². The van der Waals surface area contributed by atoms with Crippen LogP contribution in [-0.2, 0) is 10.3 Å². The van der Waals surface area contributed by atoms with Gasteiger partial charge in [-0.25, -0.2) is 0 Å². The van der Waals surface area contributed by atoms with Gasteiger partial charge >= 0.3 is 10.3 Å². The monoisotopic (exact) mass is 445 g/mol. The van der Waals surface area contributed by atoms with E-state index in [4.69, 9.17) is 14.5 Å². The summed E-state index contributed by atoms with van der Waals surface area (Å²) in [5.41, 5.74) is 4.26. The van der Waals surface area contributed by atoms with Crippen LogP contribution in [0.2, 0.25) is 0 Å². The summed E-state index contributed by atoms with van der Waals surface area (Å²) in [5.74, 6) is 1.60. The van der Waals surface area contributed by atoms with Crippen molar-refractivity contribution >= 4 is 21.7 Å². The number of aliphatic imine (C=N–C) groups is 1. The van der Waals surface area contributed by atoms with E-state index in [9.17, 15) is 13.0 Å². The molecular weight excluding hydrogens is 418 g/mol. The summed E-state index contributed by atoms with van der Waals surface area (Å²) in [6.45, 7) is 1.90. The summed E-state index contributed by atoms with van der Waals surface area (Å²) < 4.78 is 44.1. The number of ether oxygens (including phenoxy) is 2. The Bertz CT molecular complexity index is 1110. The number of nitrogens with zero attached hydrogens (tertiary/aromatic N) is 3. The predicted molar refractivity (Wildman–Crippen MR) is 120 cm³/mol. The summed E-state index contributed by atoms with van der Waals surface area (Å²) in [7, 11) is 2.36. The van der Waals surface area contributed by atoms with Gasteiger partial charge in [0.05, 0.1) is 31.7 Å². The third-order valence-electron chi connectivity index (χ3n) is 6.14. The zero-order valence-electron chi connectivity index (χ0n) is 18.1. The molecule has 0 amide bonds. The van der Waals surface area contributed by atoms with Gasteiger partial charge in [-0.2, -0.15) is 8.42 Å². The second kappa shape index (κ2) is 8.14. The van der Waals surface area contributed by atoms with Gasteiger partial charge in [-0.05, 0) is 49.8 Å². The number of fused-ring (bicyclic) bond motifs is 3. The number of anilines is 1. The van der Waals surface area contributed by atoms with Crippen molar-refractivity contribution in [3.63, 3.8) is 0 Å². The van der Waals surface area contributed by atoms with Crippen molar-refractivity contribution in [1.82, 2.24) is 4.90 Å². The van der Waals surface area contributed by atoms with Crippen molar-refractivity contribution in [1.29, 1.82) is 0 Å². The van der Waals surface area contributed by atoms with Gasteiger partial charge in [-0.1, -0.05) is 12.1 Å². The predicted octanol–water partition coefficient (Wildman–Crippen LogP) is 2.58. The Morgan fingerprint density at radius 3 is 2.39 bits per heavy atom. The molecule has 2 aliphatic heterocycles. The lowest BCUT2D eigenvalue weighted by Crippen LogP contribution is -2.41. The quantitative estimate of drug-likeness (QED) is 0.712. The van der Waals surface area contributed by atoms with Gasteiger partial charge in [-0.15, -0.1) is 0 Å². The number of methoxy groups -OCH3 is 2. The molecule has 2 atom stereocenters. The van der Waals surface area contributed by atoms with Crippen molar-refractivity contribution in [2.45, 2.75) is 18.4 Å². The molecule has 31 heavy (non-hydrogen) atoms. The van der Waals surface area contributed by atoms with Gasteiger partial charge < -0.3 is 14.4 Å². The number of rotatable bonds is 5. The first-order chi connectivity index (χ1) is 14.7. The molecule has 8 nitrogen and oxygen atoms in total. The van der Waals surface area contributed by atoms with E-state index < -0.39 is 10.3 Å². The molecule has 2 aromatic carbocycles.